The van der Waals surface area contributed by atoms with Gasteiger partial charge in [-0.25, -0.2) is 18.2 Å². The van der Waals surface area contributed by atoms with Gasteiger partial charge in [-0.1, -0.05) is 6.92 Å². The van der Waals surface area contributed by atoms with E-state index in [4.69, 9.17) is 0 Å². The topological polar surface area (TPSA) is 61.4 Å². The number of amides is 1. The number of anilines is 1. The van der Waals surface area contributed by atoms with Gasteiger partial charge in [0.1, 0.15) is 23.5 Å². The van der Waals surface area contributed by atoms with E-state index in [9.17, 15) is 18.0 Å². The van der Waals surface area contributed by atoms with Crippen LogP contribution in [-0.2, 0) is 6.54 Å². The minimum absolute atomic E-state index is 0.0557. The van der Waals surface area contributed by atoms with Gasteiger partial charge in [-0.05, 0) is 31.7 Å². The maximum Gasteiger partial charge on any atom is 0.271 e. The number of piperidine rings is 2. The predicted molar refractivity (Wildman–Crippen MR) is 113 cm³/mol. The summed E-state index contributed by atoms with van der Waals surface area (Å²) < 4.78 is 41.6. The molecule has 2 unspecified atom stereocenters. The van der Waals surface area contributed by atoms with Crippen LogP contribution in [0.2, 0.25) is 0 Å². The van der Waals surface area contributed by atoms with Gasteiger partial charge >= 0.3 is 0 Å². The first-order valence-electron chi connectivity index (χ1n) is 10.6. The molecule has 2 fully saturated rings. The Morgan fingerprint density at radius 1 is 1.29 bits per heavy atom. The van der Waals surface area contributed by atoms with Crippen molar-refractivity contribution in [1.82, 2.24) is 20.2 Å². The van der Waals surface area contributed by atoms with Gasteiger partial charge in [0.25, 0.3) is 5.91 Å². The zero-order valence-electron chi connectivity index (χ0n) is 17.4. The molecule has 2 aliphatic rings. The molecule has 4 rings (SSSR count). The summed E-state index contributed by atoms with van der Waals surface area (Å²) >= 11 is 1.28. The Bertz CT molecular complexity index is 926. The van der Waals surface area contributed by atoms with Crippen LogP contribution in [0.15, 0.2) is 17.6 Å². The van der Waals surface area contributed by atoms with E-state index in [1.165, 1.54) is 17.8 Å². The molecule has 2 aromatic rings. The third-order valence-corrected chi connectivity index (χ3v) is 6.86. The highest BCUT2D eigenvalue weighted by Gasteiger charge is 2.35. The molecule has 1 amide bonds. The fraction of sp³-hybridized carbons (Fsp3) is 0.571. The summed E-state index contributed by atoms with van der Waals surface area (Å²) in [5.41, 5.74) is 0.129. The number of halogens is 3. The molecule has 168 valence electrons. The first-order chi connectivity index (χ1) is 14.9. The van der Waals surface area contributed by atoms with E-state index in [1.807, 2.05) is 4.90 Å². The number of pyridine rings is 1. The van der Waals surface area contributed by atoms with Crippen LogP contribution in [0.5, 0.6) is 0 Å². The quantitative estimate of drug-likeness (QED) is 0.752. The standard InChI is InChI=1S/C21H26F3N5OS/c1-13-3-2-5-28(10-13)19-4-6-29(11-16(19)24)21-27-18(12-31-21)20(30)26-9-17-15(23)7-14(22)8-25-17/h7-8,12-13,16,19H,2-6,9-11H2,1H3,(H,26,30)/t13-,16?,19?/m1/s1. The van der Waals surface area contributed by atoms with Gasteiger partial charge in [-0.15, -0.1) is 11.3 Å². The van der Waals surface area contributed by atoms with E-state index in [-0.39, 0.29) is 30.5 Å². The highest BCUT2D eigenvalue weighted by Crippen LogP contribution is 2.29. The summed E-state index contributed by atoms with van der Waals surface area (Å²) in [6, 6.07) is 0.664. The summed E-state index contributed by atoms with van der Waals surface area (Å²) in [6.07, 6.45) is 2.99. The van der Waals surface area contributed by atoms with E-state index < -0.39 is 23.7 Å². The molecule has 31 heavy (non-hydrogen) atoms. The number of aromatic nitrogens is 2. The number of nitrogens with zero attached hydrogens (tertiary/aromatic N) is 4. The molecule has 10 heteroatoms. The number of hydrogen-bond acceptors (Lipinski definition) is 6. The molecule has 3 atom stereocenters. The minimum atomic E-state index is -0.965. The van der Waals surface area contributed by atoms with Crippen LogP contribution < -0.4 is 10.2 Å². The lowest BCUT2D eigenvalue weighted by atomic mass is 9.94. The zero-order chi connectivity index (χ0) is 22.0. The van der Waals surface area contributed by atoms with Gasteiger partial charge in [0.2, 0.25) is 0 Å². The van der Waals surface area contributed by atoms with Crippen molar-refractivity contribution in [2.24, 2.45) is 5.92 Å². The normalized spacial score (nSPS) is 24.9. The number of nitrogens with one attached hydrogen (secondary N) is 1. The maximum atomic E-state index is 15.0. The highest BCUT2D eigenvalue weighted by molar-refractivity contribution is 7.13. The number of carbonyl (C=O) groups excluding carboxylic acids is 1. The van der Waals surface area contributed by atoms with Gasteiger partial charge in [0.05, 0.1) is 25.0 Å². The molecular formula is C21H26F3N5OS. The predicted octanol–water partition coefficient (Wildman–Crippen LogP) is 3.40. The van der Waals surface area contributed by atoms with Crippen LogP contribution in [0.1, 0.15) is 42.4 Å². The van der Waals surface area contributed by atoms with E-state index >= 15 is 0 Å². The number of hydrogen-bond donors (Lipinski definition) is 1. The van der Waals surface area contributed by atoms with E-state index in [1.54, 1.807) is 5.38 Å². The van der Waals surface area contributed by atoms with Crippen LogP contribution in [0.25, 0.3) is 0 Å². The SMILES string of the molecule is C[C@@H]1CCCN(C2CCN(c3nc(C(=O)NCc4ncc(F)cc4F)cs3)CC2F)C1. The second kappa shape index (κ2) is 9.52. The molecule has 0 aromatic carbocycles. The lowest BCUT2D eigenvalue weighted by Crippen LogP contribution is -2.54. The molecule has 0 spiro atoms. The first-order valence-corrected chi connectivity index (χ1v) is 11.5. The Balaban J connectivity index is 1.32. The average molecular weight is 454 g/mol. The fourth-order valence-corrected chi connectivity index (χ4v) is 5.19. The molecular weight excluding hydrogens is 427 g/mol. The van der Waals surface area contributed by atoms with Gasteiger partial charge in [0, 0.05) is 30.6 Å². The second-order valence-electron chi connectivity index (χ2n) is 8.34. The van der Waals surface area contributed by atoms with Gasteiger partial charge in [-0.2, -0.15) is 0 Å². The maximum absolute atomic E-state index is 15.0. The number of thiazole rings is 1. The largest absolute Gasteiger partial charge is 0.345 e. The van der Waals surface area contributed by atoms with E-state index in [0.717, 1.165) is 38.2 Å². The Kier molecular flexibility index (Phi) is 6.76. The van der Waals surface area contributed by atoms with Crippen LogP contribution in [0, 0.1) is 17.6 Å². The van der Waals surface area contributed by atoms with Crippen molar-refractivity contribution in [3.63, 3.8) is 0 Å². The lowest BCUT2D eigenvalue weighted by molar-refractivity contribution is 0.0596. The Morgan fingerprint density at radius 3 is 2.87 bits per heavy atom. The first kappa shape index (κ1) is 22.0. The highest BCUT2D eigenvalue weighted by atomic mass is 32.1. The van der Waals surface area contributed by atoms with Crippen LogP contribution in [0.4, 0.5) is 18.3 Å². The van der Waals surface area contributed by atoms with Crippen molar-refractivity contribution >= 4 is 22.4 Å². The van der Waals surface area contributed by atoms with Crippen LogP contribution in [-0.4, -0.2) is 59.2 Å². The zero-order valence-corrected chi connectivity index (χ0v) is 18.2. The van der Waals surface area contributed by atoms with E-state index in [2.05, 4.69) is 27.1 Å². The van der Waals surface area contributed by atoms with Crippen molar-refractivity contribution in [3.05, 3.63) is 40.7 Å². The third-order valence-electron chi connectivity index (χ3n) is 5.96. The van der Waals surface area contributed by atoms with Crippen molar-refractivity contribution in [1.29, 1.82) is 0 Å². The molecule has 0 radical (unpaired) electrons. The molecule has 1 N–H and O–H groups in total. The Labute approximate surface area is 183 Å². The van der Waals surface area contributed by atoms with Gasteiger partial charge < -0.3 is 10.2 Å². The van der Waals surface area contributed by atoms with Crippen molar-refractivity contribution < 1.29 is 18.0 Å². The number of rotatable bonds is 5. The summed E-state index contributed by atoms with van der Waals surface area (Å²) in [5.74, 6) is -1.47. The second-order valence-corrected chi connectivity index (χ2v) is 9.18. The summed E-state index contributed by atoms with van der Waals surface area (Å²) in [7, 11) is 0. The van der Waals surface area contributed by atoms with Gasteiger partial charge in [-0.3, -0.25) is 14.7 Å². The Hall–Kier alpha value is -2.20. The van der Waals surface area contributed by atoms with Crippen molar-refractivity contribution in [3.8, 4) is 0 Å². The summed E-state index contributed by atoms with van der Waals surface area (Å²) in [4.78, 5) is 24.5. The van der Waals surface area contributed by atoms with Crippen molar-refractivity contribution in [2.45, 2.75) is 44.9 Å². The molecule has 2 aromatic heterocycles. The van der Waals surface area contributed by atoms with Crippen LogP contribution in [0.3, 0.4) is 0 Å². The third kappa shape index (κ3) is 5.17. The molecule has 4 heterocycles. The Morgan fingerprint density at radius 2 is 2.13 bits per heavy atom. The molecule has 2 saturated heterocycles. The number of carbonyl (C=O) groups is 1. The lowest BCUT2D eigenvalue weighted by Gasteiger charge is -2.43. The molecule has 6 nitrogen and oxygen atoms in total. The summed E-state index contributed by atoms with van der Waals surface area (Å²) in [5, 5.41) is 4.74. The molecule has 0 saturated carbocycles. The van der Waals surface area contributed by atoms with Crippen LogP contribution >= 0.6 is 11.3 Å². The molecule has 2 aliphatic heterocycles. The smallest absolute Gasteiger partial charge is 0.271 e. The van der Waals surface area contributed by atoms with Crippen molar-refractivity contribution in [2.75, 3.05) is 31.1 Å². The minimum Gasteiger partial charge on any atom is -0.345 e. The number of likely N-dealkylation sites (tertiary alicyclic amines) is 1. The summed E-state index contributed by atoms with van der Waals surface area (Å²) in [6.45, 7) is 4.90. The number of alkyl halides is 1. The molecule has 0 bridgehead atoms. The van der Waals surface area contributed by atoms with Gasteiger partial charge in [0.15, 0.2) is 5.13 Å². The molecule has 0 aliphatic carbocycles. The average Bonchev–Trinajstić information content (AvgIpc) is 3.23. The van der Waals surface area contributed by atoms with E-state index in [0.29, 0.717) is 17.6 Å². The fourth-order valence-electron chi connectivity index (χ4n) is 4.35. The monoisotopic (exact) mass is 453 g/mol.